The summed E-state index contributed by atoms with van der Waals surface area (Å²) in [6.07, 6.45) is 23.6. The van der Waals surface area contributed by atoms with Gasteiger partial charge in [0.1, 0.15) is 11.5 Å². The van der Waals surface area contributed by atoms with Crippen LogP contribution in [0.2, 0.25) is 0 Å². The highest BCUT2D eigenvalue weighted by atomic mass is 16.6. The molecule has 0 atom stereocenters. The molecule has 0 aliphatic carbocycles. The summed E-state index contributed by atoms with van der Waals surface area (Å²) in [6.45, 7) is 5.07. The second kappa shape index (κ2) is 23.4. The average Bonchev–Trinajstić information content (AvgIpc) is 2.86. The monoisotopic (exact) mass is 503 g/mol. The molecular weight excluding hydrogens is 450 g/mol. The second-order valence-electron chi connectivity index (χ2n) is 10.0. The first-order valence-corrected chi connectivity index (χ1v) is 14.9. The quantitative estimate of drug-likeness (QED) is 0.0917. The maximum atomic E-state index is 12.2. The fraction of sp³-hybridized carbons (Fsp3) is 0.742. The van der Waals surface area contributed by atoms with Crippen LogP contribution >= 0.6 is 0 Å². The topological polar surface area (TPSA) is 64.6 Å². The number of nitrogens with one attached hydrogen (secondary N) is 1. The third-order valence-electron chi connectivity index (χ3n) is 6.53. The van der Waals surface area contributed by atoms with E-state index in [2.05, 4.69) is 19.2 Å². The zero-order valence-corrected chi connectivity index (χ0v) is 23.3. The molecule has 0 heterocycles. The molecule has 0 radical (unpaired) electrons. The molecule has 1 aromatic carbocycles. The lowest BCUT2D eigenvalue weighted by Gasteiger charge is -2.09. The van der Waals surface area contributed by atoms with Crippen LogP contribution in [0.1, 0.15) is 142 Å². The van der Waals surface area contributed by atoms with E-state index in [0.29, 0.717) is 24.5 Å². The molecule has 206 valence electrons. The molecule has 1 N–H and O–H groups in total. The number of amides is 1. The molecule has 1 aromatic rings. The first-order chi connectivity index (χ1) is 17.7. The molecule has 36 heavy (non-hydrogen) atoms. The Hall–Kier alpha value is -2.04. The lowest BCUT2D eigenvalue weighted by atomic mass is 10.0. The summed E-state index contributed by atoms with van der Waals surface area (Å²) in [4.78, 5) is 24.2. The van der Waals surface area contributed by atoms with Crippen LogP contribution in [-0.2, 0) is 4.79 Å². The van der Waals surface area contributed by atoms with Crippen LogP contribution in [0.3, 0.4) is 0 Å². The van der Waals surface area contributed by atoms with Gasteiger partial charge in [-0.2, -0.15) is 0 Å². The molecule has 0 spiro atoms. The Bertz CT molecular complexity index is 676. The van der Waals surface area contributed by atoms with Gasteiger partial charge in [-0.15, -0.1) is 0 Å². The Morgan fingerprint density at radius 3 is 1.58 bits per heavy atom. The first-order valence-electron chi connectivity index (χ1n) is 14.9. The number of hydrogen-bond acceptors (Lipinski definition) is 4. The van der Waals surface area contributed by atoms with Gasteiger partial charge in [-0.05, 0) is 25.0 Å². The lowest BCUT2D eigenvalue weighted by Crippen LogP contribution is -2.27. The highest BCUT2D eigenvalue weighted by Gasteiger charge is 2.08. The molecule has 0 aromatic heterocycles. The van der Waals surface area contributed by atoms with Crippen molar-refractivity contribution in [2.24, 2.45) is 0 Å². The Morgan fingerprint density at radius 2 is 1.06 bits per heavy atom. The van der Waals surface area contributed by atoms with E-state index in [1.54, 1.807) is 24.3 Å². The summed E-state index contributed by atoms with van der Waals surface area (Å²) < 4.78 is 10.8. The van der Waals surface area contributed by atoms with Gasteiger partial charge in [-0.1, -0.05) is 129 Å². The summed E-state index contributed by atoms with van der Waals surface area (Å²) in [7, 11) is 0. The molecule has 0 fully saturated rings. The molecular formula is C31H53NO4. The smallest absolute Gasteiger partial charge is 0.412 e. The van der Waals surface area contributed by atoms with E-state index in [4.69, 9.17) is 9.47 Å². The van der Waals surface area contributed by atoms with Crippen molar-refractivity contribution in [3.8, 4) is 11.5 Å². The number of ether oxygens (including phenoxy) is 2. The molecule has 1 amide bonds. The standard InChI is InChI=1S/C31H53NO4/c1-3-5-7-9-11-12-13-14-15-16-17-18-20-25-30(33)35-28-23-22-24-29(27-28)36-31(34)32-26-21-19-10-8-6-4-2/h22-24,27H,3-21,25-26H2,1-2H3,(H,32,34). The van der Waals surface area contributed by atoms with E-state index in [1.807, 2.05) is 0 Å². The van der Waals surface area contributed by atoms with Gasteiger partial charge >= 0.3 is 12.1 Å². The van der Waals surface area contributed by atoms with E-state index >= 15 is 0 Å². The van der Waals surface area contributed by atoms with Crippen LogP contribution < -0.4 is 14.8 Å². The normalized spacial score (nSPS) is 10.8. The van der Waals surface area contributed by atoms with Gasteiger partial charge in [0, 0.05) is 19.0 Å². The van der Waals surface area contributed by atoms with Crippen molar-refractivity contribution < 1.29 is 19.1 Å². The fourth-order valence-corrected chi connectivity index (χ4v) is 4.31. The van der Waals surface area contributed by atoms with Crippen molar-refractivity contribution in [2.45, 2.75) is 142 Å². The van der Waals surface area contributed by atoms with Crippen LogP contribution in [-0.4, -0.2) is 18.6 Å². The number of hydrogen-bond donors (Lipinski definition) is 1. The van der Waals surface area contributed by atoms with Crippen molar-refractivity contribution in [3.63, 3.8) is 0 Å². The maximum Gasteiger partial charge on any atom is 0.412 e. The molecule has 0 aliphatic rings. The minimum Gasteiger partial charge on any atom is -0.426 e. The van der Waals surface area contributed by atoms with Crippen LogP contribution in [0.5, 0.6) is 11.5 Å². The van der Waals surface area contributed by atoms with Crippen molar-refractivity contribution in [2.75, 3.05) is 6.54 Å². The van der Waals surface area contributed by atoms with E-state index in [9.17, 15) is 9.59 Å². The van der Waals surface area contributed by atoms with Crippen LogP contribution in [0.15, 0.2) is 24.3 Å². The SMILES string of the molecule is CCCCCCCCCCCCCCCC(=O)Oc1cccc(OC(=O)NCCCCCCCC)c1. The third-order valence-corrected chi connectivity index (χ3v) is 6.53. The molecule has 0 bridgehead atoms. The summed E-state index contributed by atoms with van der Waals surface area (Å²) >= 11 is 0. The summed E-state index contributed by atoms with van der Waals surface area (Å²) in [5, 5.41) is 2.78. The van der Waals surface area contributed by atoms with Gasteiger partial charge in [0.15, 0.2) is 0 Å². The summed E-state index contributed by atoms with van der Waals surface area (Å²) in [6, 6.07) is 6.72. The summed E-state index contributed by atoms with van der Waals surface area (Å²) in [5.41, 5.74) is 0. The van der Waals surface area contributed by atoms with Crippen molar-refractivity contribution >= 4 is 12.1 Å². The summed E-state index contributed by atoms with van der Waals surface area (Å²) in [5.74, 6) is 0.556. The number of carbonyl (C=O) groups is 2. The van der Waals surface area contributed by atoms with Crippen molar-refractivity contribution in [1.82, 2.24) is 5.32 Å². The predicted molar refractivity (Wildman–Crippen MR) is 150 cm³/mol. The Morgan fingerprint density at radius 1 is 0.611 bits per heavy atom. The zero-order valence-electron chi connectivity index (χ0n) is 23.3. The lowest BCUT2D eigenvalue weighted by molar-refractivity contribution is -0.134. The van der Waals surface area contributed by atoms with Crippen molar-refractivity contribution in [3.05, 3.63) is 24.3 Å². The van der Waals surface area contributed by atoms with Gasteiger partial charge in [-0.3, -0.25) is 4.79 Å². The molecule has 1 rings (SSSR count). The van der Waals surface area contributed by atoms with Gasteiger partial charge < -0.3 is 14.8 Å². The van der Waals surface area contributed by atoms with Gasteiger partial charge in [0.2, 0.25) is 0 Å². The minimum atomic E-state index is -0.473. The number of benzene rings is 1. The van der Waals surface area contributed by atoms with E-state index in [-0.39, 0.29) is 5.97 Å². The number of unbranched alkanes of at least 4 members (excludes halogenated alkanes) is 17. The molecule has 0 saturated heterocycles. The van der Waals surface area contributed by atoms with Crippen LogP contribution in [0.4, 0.5) is 4.79 Å². The van der Waals surface area contributed by atoms with E-state index in [0.717, 1.165) is 25.7 Å². The predicted octanol–water partition coefficient (Wildman–Crippen LogP) is 9.52. The van der Waals surface area contributed by atoms with Gasteiger partial charge in [0.05, 0.1) is 0 Å². The first kappa shape index (κ1) is 32.0. The Kier molecular flexibility index (Phi) is 20.8. The minimum absolute atomic E-state index is 0.234. The van der Waals surface area contributed by atoms with Crippen LogP contribution in [0.25, 0.3) is 0 Å². The highest BCUT2D eigenvalue weighted by Crippen LogP contribution is 2.20. The molecule has 5 nitrogen and oxygen atoms in total. The van der Waals surface area contributed by atoms with E-state index in [1.165, 1.54) is 96.3 Å². The molecule has 0 aliphatic heterocycles. The second-order valence-corrected chi connectivity index (χ2v) is 10.0. The van der Waals surface area contributed by atoms with E-state index < -0.39 is 6.09 Å². The molecule has 0 saturated carbocycles. The third kappa shape index (κ3) is 19.2. The number of esters is 1. The fourth-order valence-electron chi connectivity index (χ4n) is 4.31. The average molecular weight is 504 g/mol. The Labute approximate surface area is 221 Å². The molecule has 0 unspecified atom stereocenters. The van der Waals surface area contributed by atoms with Crippen molar-refractivity contribution in [1.29, 1.82) is 0 Å². The Balaban J connectivity index is 2.06. The number of rotatable bonds is 23. The molecule has 5 heteroatoms. The highest BCUT2D eigenvalue weighted by molar-refractivity contribution is 5.73. The number of carbonyl (C=O) groups excluding carboxylic acids is 2. The largest absolute Gasteiger partial charge is 0.426 e. The van der Waals surface area contributed by atoms with Gasteiger partial charge in [-0.25, -0.2) is 4.79 Å². The van der Waals surface area contributed by atoms with Gasteiger partial charge in [0.25, 0.3) is 0 Å². The maximum absolute atomic E-state index is 12.2. The van der Waals surface area contributed by atoms with Crippen LogP contribution in [0, 0.1) is 0 Å². The zero-order chi connectivity index (χ0) is 26.1.